The van der Waals surface area contributed by atoms with E-state index in [-0.39, 0.29) is 22.9 Å². The van der Waals surface area contributed by atoms with Crippen LogP contribution < -0.4 is 0 Å². The van der Waals surface area contributed by atoms with E-state index in [0.29, 0.717) is 13.2 Å². The van der Waals surface area contributed by atoms with Crippen LogP contribution in [0, 0.1) is 10.1 Å². The number of nitro groups is 1. The fourth-order valence-corrected chi connectivity index (χ4v) is 4.48. The molecule has 0 radical (unpaired) electrons. The van der Waals surface area contributed by atoms with Gasteiger partial charge in [-0.2, -0.15) is 0 Å². The third-order valence-electron chi connectivity index (χ3n) is 4.60. The van der Waals surface area contributed by atoms with Crippen LogP contribution in [0.2, 0.25) is 0 Å². The first kappa shape index (κ1) is 19.4. The minimum atomic E-state index is -0.408. The summed E-state index contributed by atoms with van der Waals surface area (Å²) in [7, 11) is 1.67. The molecule has 1 heterocycles. The lowest BCUT2D eigenvalue weighted by Crippen LogP contribution is -2.57. The zero-order chi connectivity index (χ0) is 19.2. The molecule has 0 aromatic heterocycles. The van der Waals surface area contributed by atoms with Crippen LogP contribution in [0.4, 0.5) is 5.69 Å². The lowest BCUT2D eigenvalue weighted by Gasteiger charge is -2.47. The van der Waals surface area contributed by atoms with Crippen molar-refractivity contribution in [3.05, 3.63) is 70.3 Å². The van der Waals surface area contributed by atoms with Crippen molar-refractivity contribution in [1.29, 1.82) is 0 Å². The molecule has 6 nitrogen and oxygen atoms in total. The molecule has 142 valence electrons. The Morgan fingerprint density at radius 1 is 1.11 bits per heavy atom. The molecule has 7 heteroatoms. The van der Waals surface area contributed by atoms with Crippen molar-refractivity contribution in [3.63, 3.8) is 0 Å². The Morgan fingerprint density at radius 3 is 2.44 bits per heavy atom. The normalized spacial score (nSPS) is 19.0. The Hall–Kier alpha value is -2.38. The molecule has 1 saturated heterocycles. The molecule has 0 bridgehead atoms. The maximum atomic E-state index is 12.8. The molecule has 1 amide bonds. The van der Waals surface area contributed by atoms with E-state index in [9.17, 15) is 14.9 Å². The third kappa shape index (κ3) is 4.48. The highest BCUT2D eigenvalue weighted by molar-refractivity contribution is 8.00. The van der Waals surface area contributed by atoms with Crippen molar-refractivity contribution >= 4 is 23.4 Å². The van der Waals surface area contributed by atoms with Gasteiger partial charge >= 0.3 is 0 Å². The number of ether oxygens (including phenoxy) is 1. The molecular formula is C20H22N2O4S. The van der Waals surface area contributed by atoms with E-state index in [1.54, 1.807) is 31.0 Å². The number of amides is 1. The molecule has 1 aliphatic heterocycles. The molecule has 1 aliphatic rings. The van der Waals surface area contributed by atoms with E-state index in [0.717, 1.165) is 23.3 Å². The van der Waals surface area contributed by atoms with Gasteiger partial charge in [-0.05, 0) is 30.5 Å². The molecule has 2 unspecified atom stereocenters. The molecule has 27 heavy (non-hydrogen) atoms. The highest BCUT2D eigenvalue weighted by atomic mass is 32.2. The second-order valence-corrected chi connectivity index (χ2v) is 7.59. The van der Waals surface area contributed by atoms with Crippen molar-refractivity contribution in [2.75, 3.05) is 20.3 Å². The standard InChI is InChI=1S/C20H22N2O4S/c1-26-14-6-5-13-21-18(15-9-11-16(12-10-15)22(24)25)19(20(21)23)27-17-7-3-2-4-8-17/h2-4,7-12,18-19H,5-6,13-14H2,1H3. The summed E-state index contributed by atoms with van der Waals surface area (Å²) >= 11 is 1.55. The first-order valence-corrected chi connectivity index (χ1v) is 9.75. The second kappa shape index (κ2) is 9.01. The van der Waals surface area contributed by atoms with Crippen LogP contribution >= 0.6 is 11.8 Å². The van der Waals surface area contributed by atoms with Gasteiger partial charge in [-0.15, -0.1) is 11.8 Å². The minimum Gasteiger partial charge on any atom is -0.385 e. The maximum absolute atomic E-state index is 12.8. The second-order valence-electron chi connectivity index (χ2n) is 6.38. The molecular weight excluding hydrogens is 364 g/mol. The zero-order valence-corrected chi connectivity index (χ0v) is 15.9. The van der Waals surface area contributed by atoms with Crippen molar-refractivity contribution in [1.82, 2.24) is 4.90 Å². The summed E-state index contributed by atoms with van der Waals surface area (Å²) in [6.07, 6.45) is 1.76. The summed E-state index contributed by atoms with van der Waals surface area (Å²) in [4.78, 5) is 26.2. The molecule has 0 spiro atoms. The number of unbranched alkanes of at least 4 members (excludes halogenated alkanes) is 1. The van der Waals surface area contributed by atoms with Gasteiger partial charge in [0.25, 0.3) is 5.69 Å². The first-order valence-electron chi connectivity index (χ1n) is 8.87. The number of non-ortho nitro benzene ring substituents is 1. The van der Waals surface area contributed by atoms with E-state index in [2.05, 4.69) is 0 Å². The molecule has 0 N–H and O–H groups in total. The number of nitrogens with zero attached hydrogens (tertiary/aromatic N) is 2. The fraction of sp³-hybridized carbons (Fsp3) is 0.350. The molecule has 1 fully saturated rings. The van der Waals surface area contributed by atoms with Gasteiger partial charge in [0, 0.05) is 37.3 Å². The van der Waals surface area contributed by atoms with Crippen LogP contribution in [0.15, 0.2) is 59.5 Å². The van der Waals surface area contributed by atoms with Crippen LogP contribution in [0.5, 0.6) is 0 Å². The SMILES string of the molecule is COCCCCN1C(=O)C(Sc2ccccc2)C1c1ccc([N+](=O)[O-])cc1. The van der Waals surface area contributed by atoms with Gasteiger partial charge in [-0.1, -0.05) is 30.3 Å². The van der Waals surface area contributed by atoms with E-state index >= 15 is 0 Å². The van der Waals surface area contributed by atoms with Crippen molar-refractivity contribution in [3.8, 4) is 0 Å². The van der Waals surface area contributed by atoms with E-state index in [4.69, 9.17) is 4.74 Å². The number of hydrogen-bond acceptors (Lipinski definition) is 5. The summed E-state index contributed by atoms with van der Waals surface area (Å²) < 4.78 is 5.08. The van der Waals surface area contributed by atoms with E-state index < -0.39 is 4.92 Å². The Bertz CT molecular complexity index is 782. The Balaban J connectivity index is 1.77. The predicted molar refractivity (Wildman–Crippen MR) is 105 cm³/mol. The van der Waals surface area contributed by atoms with Crippen LogP contribution in [0.3, 0.4) is 0 Å². The predicted octanol–water partition coefficient (Wildman–Crippen LogP) is 4.07. The Kier molecular flexibility index (Phi) is 6.47. The molecule has 2 aromatic carbocycles. The van der Waals surface area contributed by atoms with Gasteiger partial charge in [0.15, 0.2) is 0 Å². The van der Waals surface area contributed by atoms with Crippen LogP contribution in [0.25, 0.3) is 0 Å². The number of rotatable bonds is 9. The number of carbonyl (C=O) groups is 1. The molecule has 2 atom stereocenters. The average molecular weight is 386 g/mol. The number of methoxy groups -OCH3 is 1. The largest absolute Gasteiger partial charge is 0.385 e. The number of likely N-dealkylation sites (tertiary alicyclic amines) is 1. The third-order valence-corrected chi connectivity index (χ3v) is 5.86. The van der Waals surface area contributed by atoms with Gasteiger partial charge in [0.2, 0.25) is 5.91 Å². The summed E-state index contributed by atoms with van der Waals surface area (Å²) in [5, 5.41) is 10.7. The smallest absolute Gasteiger partial charge is 0.269 e. The van der Waals surface area contributed by atoms with Gasteiger partial charge in [0.05, 0.1) is 11.0 Å². The lowest BCUT2D eigenvalue weighted by molar-refractivity contribution is -0.384. The number of nitro benzene ring substituents is 1. The minimum absolute atomic E-state index is 0.0586. The maximum Gasteiger partial charge on any atom is 0.269 e. The van der Waals surface area contributed by atoms with Gasteiger partial charge in [-0.3, -0.25) is 14.9 Å². The zero-order valence-electron chi connectivity index (χ0n) is 15.1. The average Bonchev–Trinajstić information content (AvgIpc) is 2.69. The van der Waals surface area contributed by atoms with Crippen molar-refractivity contribution in [2.45, 2.75) is 29.0 Å². The molecule has 2 aromatic rings. The Morgan fingerprint density at radius 2 is 1.81 bits per heavy atom. The first-order chi connectivity index (χ1) is 13.1. The van der Waals surface area contributed by atoms with Gasteiger partial charge in [-0.25, -0.2) is 0 Å². The Labute approximate surface area is 162 Å². The number of β-lactam (4-membered cyclic amide) rings is 1. The summed E-state index contributed by atoms with van der Waals surface area (Å²) in [6, 6.07) is 16.3. The molecule has 3 rings (SSSR count). The quantitative estimate of drug-likeness (QED) is 0.281. The fourth-order valence-electron chi connectivity index (χ4n) is 3.20. The van der Waals surface area contributed by atoms with Gasteiger partial charge in [0.1, 0.15) is 5.25 Å². The highest BCUT2D eigenvalue weighted by Crippen LogP contribution is 2.45. The summed E-state index contributed by atoms with van der Waals surface area (Å²) in [5.74, 6) is 0.115. The van der Waals surface area contributed by atoms with Crippen LogP contribution in [-0.4, -0.2) is 41.2 Å². The highest BCUT2D eigenvalue weighted by Gasteiger charge is 2.48. The monoisotopic (exact) mass is 386 g/mol. The molecule has 0 saturated carbocycles. The summed E-state index contributed by atoms with van der Waals surface area (Å²) in [6.45, 7) is 1.34. The molecule has 0 aliphatic carbocycles. The summed E-state index contributed by atoms with van der Waals surface area (Å²) in [5.41, 5.74) is 0.990. The van der Waals surface area contributed by atoms with Crippen LogP contribution in [-0.2, 0) is 9.53 Å². The van der Waals surface area contributed by atoms with Gasteiger partial charge < -0.3 is 9.64 Å². The number of carbonyl (C=O) groups excluding carboxylic acids is 1. The lowest BCUT2D eigenvalue weighted by atomic mass is 9.92. The van der Waals surface area contributed by atoms with Crippen LogP contribution in [0.1, 0.15) is 24.4 Å². The van der Waals surface area contributed by atoms with Crippen molar-refractivity contribution in [2.24, 2.45) is 0 Å². The number of benzene rings is 2. The van der Waals surface area contributed by atoms with E-state index in [1.165, 1.54) is 12.1 Å². The van der Waals surface area contributed by atoms with Crippen molar-refractivity contribution < 1.29 is 14.5 Å². The van der Waals surface area contributed by atoms with E-state index in [1.807, 2.05) is 35.2 Å². The topological polar surface area (TPSA) is 72.7 Å². The number of thioether (sulfide) groups is 1. The number of hydrogen-bond donors (Lipinski definition) is 0.